The molecule has 0 fully saturated rings. The van der Waals surface area contributed by atoms with Gasteiger partial charge < -0.3 is 4.57 Å². The minimum Gasteiger partial charge on any atom is -0.341 e. The summed E-state index contributed by atoms with van der Waals surface area (Å²) in [5.41, 5.74) is 1.30. The van der Waals surface area contributed by atoms with E-state index in [0.717, 1.165) is 18.4 Å². The van der Waals surface area contributed by atoms with E-state index in [9.17, 15) is 0 Å². The number of nitrogens with zero attached hydrogens (tertiary/aromatic N) is 1. The van der Waals surface area contributed by atoms with Crippen molar-refractivity contribution in [3.63, 3.8) is 0 Å². The molecule has 0 bridgehead atoms. The molecule has 1 aromatic heterocycles. The zero-order valence-electron chi connectivity index (χ0n) is 16.4. The third-order valence-electron chi connectivity index (χ3n) is 4.61. The van der Waals surface area contributed by atoms with E-state index in [1.165, 1.54) is 45.2 Å². The molecule has 1 heterocycles. The Morgan fingerprint density at radius 2 is 1.85 bits per heavy atom. The molecule has 3 aromatic rings. The fraction of sp³-hybridized carbons (Fsp3) is 0.455. The molecule has 0 aliphatic rings. The average molecular weight is 387 g/mol. The van der Waals surface area contributed by atoms with Crippen molar-refractivity contribution >= 4 is 52.0 Å². The highest BCUT2D eigenvalue weighted by molar-refractivity contribution is 8.00. The van der Waals surface area contributed by atoms with Crippen LogP contribution in [-0.4, -0.2) is 21.6 Å². The van der Waals surface area contributed by atoms with Crippen molar-refractivity contribution < 1.29 is 0 Å². The van der Waals surface area contributed by atoms with Gasteiger partial charge in [-0.1, -0.05) is 45.5 Å². The van der Waals surface area contributed by atoms with E-state index in [0.29, 0.717) is 4.75 Å². The van der Waals surface area contributed by atoms with Crippen molar-refractivity contribution in [2.24, 2.45) is 0 Å². The predicted molar refractivity (Wildman–Crippen MR) is 121 cm³/mol. The molecule has 140 valence electrons. The summed E-state index contributed by atoms with van der Waals surface area (Å²) < 4.78 is 6.25. The van der Waals surface area contributed by atoms with Gasteiger partial charge in [0.1, 0.15) is 0 Å². The number of hydrogen-bond acceptors (Lipinski definition) is 3. The second-order valence-electron chi connectivity index (χ2n) is 7.67. The van der Waals surface area contributed by atoms with Crippen LogP contribution in [0.15, 0.2) is 35.2 Å². The smallest absolute Gasteiger partial charge is 0.0498 e. The first-order valence-electron chi connectivity index (χ1n) is 9.48. The van der Waals surface area contributed by atoms with E-state index in [1.54, 1.807) is 11.9 Å². The molecule has 0 spiro atoms. The topological polar surface area (TPSA) is 17.0 Å². The van der Waals surface area contributed by atoms with Crippen LogP contribution in [0, 0.1) is 0 Å². The van der Waals surface area contributed by atoms with Gasteiger partial charge in [-0.25, -0.2) is 0 Å². The van der Waals surface area contributed by atoms with Gasteiger partial charge in [0.2, 0.25) is 0 Å². The summed E-state index contributed by atoms with van der Waals surface area (Å²) in [7, 11) is 0. The first-order chi connectivity index (χ1) is 12.4. The molecule has 4 heteroatoms. The van der Waals surface area contributed by atoms with E-state index in [2.05, 4.69) is 85.7 Å². The highest BCUT2D eigenvalue weighted by Gasteiger charge is 2.12. The molecule has 2 aromatic carbocycles. The van der Waals surface area contributed by atoms with Crippen LogP contribution in [0.4, 0.5) is 0 Å². The largest absolute Gasteiger partial charge is 0.341 e. The van der Waals surface area contributed by atoms with Crippen LogP contribution < -0.4 is 10.1 Å². The summed E-state index contributed by atoms with van der Waals surface area (Å²) >= 11 is 3.82. The summed E-state index contributed by atoms with van der Waals surface area (Å²) in [5.74, 6) is 1.24. The van der Waals surface area contributed by atoms with Crippen LogP contribution in [0.2, 0.25) is 0 Å². The molecular formula is C22H30N2S2. The summed E-state index contributed by atoms with van der Waals surface area (Å²) in [4.78, 5) is 1.31. The third-order valence-corrected chi connectivity index (χ3v) is 6.90. The highest BCUT2D eigenvalue weighted by atomic mass is 32.2. The molecule has 0 amide bonds. The van der Waals surface area contributed by atoms with Crippen molar-refractivity contribution in [3.8, 4) is 0 Å². The third kappa shape index (κ3) is 4.24. The number of unbranched alkanes of at least 4 members (excludes halogenated alkanes) is 1. The van der Waals surface area contributed by atoms with Gasteiger partial charge >= 0.3 is 0 Å². The number of aromatic nitrogens is 1. The molecule has 26 heavy (non-hydrogen) atoms. The van der Waals surface area contributed by atoms with Crippen LogP contribution >= 0.6 is 23.7 Å². The number of thioether (sulfide) groups is 1. The Bertz CT molecular complexity index is 921. The van der Waals surface area contributed by atoms with Crippen molar-refractivity contribution in [2.45, 2.75) is 56.7 Å². The summed E-state index contributed by atoms with van der Waals surface area (Å²) in [6, 6.07) is 11.1. The molecule has 2 nitrogen and oxygen atoms in total. The summed E-state index contributed by atoms with van der Waals surface area (Å²) in [6.07, 6.45) is 2.49. The summed E-state index contributed by atoms with van der Waals surface area (Å²) in [6.45, 7) is 15.4. The Morgan fingerprint density at radius 1 is 1.08 bits per heavy atom. The quantitative estimate of drug-likeness (QED) is 0.386. The molecule has 0 saturated carbocycles. The Labute approximate surface area is 165 Å². The predicted octanol–water partition coefficient (Wildman–Crippen LogP) is 5.85. The van der Waals surface area contributed by atoms with E-state index in [-0.39, 0.29) is 0 Å². The lowest BCUT2D eigenvalue weighted by Gasteiger charge is -2.17. The molecule has 0 atom stereocenters. The molecule has 1 N–H and O–H groups in total. The van der Waals surface area contributed by atoms with Crippen LogP contribution in [-0.2, 0) is 6.54 Å². The second-order valence-corrected chi connectivity index (χ2v) is 10.5. The molecule has 0 radical (unpaired) electrons. The van der Waals surface area contributed by atoms with Crippen LogP contribution in [0.1, 0.15) is 40.5 Å². The maximum atomic E-state index is 4.30. The number of benzene rings is 2. The second kappa shape index (κ2) is 8.28. The van der Waals surface area contributed by atoms with Crippen molar-refractivity contribution in [2.75, 3.05) is 12.3 Å². The minimum atomic E-state index is 0.378. The number of aryl methyl sites for hydroxylation is 1. The Hall–Kier alpha value is -1.10. The number of nitrogens with one attached hydrogen (secondary N) is 1. The van der Waals surface area contributed by atoms with Gasteiger partial charge in [0.05, 0.1) is 0 Å². The van der Waals surface area contributed by atoms with E-state index in [4.69, 9.17) is 0 Å². The minimum absolute atomic E-state index is 0.378. The average Bonchev–Trinajstić information content (AvgIpc) is 2.88. The lowest BCUT2D eigenvalue weighted by molar-refractivity contribution is 0.766. The molecule has 3 rings (SSSR count). The highest BCUT2D eigenvalue weighted by Crippen LogP contribution is 2.32. The van der Waals surface area contributed by atoms with E-state index >= 15 is 0 Å². The number of rotatable bonds is 8. The van der Waals surface area contributed by atoms with E-state index < -0.39 is 0 Å². The first-order valence-corrected chi connectivity index (χ1v) is 11.3. The monoisotopic (exact) mass is 386 g/mol. The van der Waals surface area contributed by atoms with Crippen molar-refractivity contribution in [1.82, 2.24) is 9.29 Å². The fourth-order valence-electron chi connectivity index (χ4n) is 3.37. The Kier molecular flexibility index (Phi) is 6.26. The normalized spacial score (nSPS) is 12.5. The van der Waals surface area contributed by atoms with Gasteiger partial charge in [0.25, 0.3) is 0 Å². The van der Waals surface area contributed by atoms with Gasteiger partial charge in [0.15, 0.2) is 0 Å². The summed E-state index contributed by atoms with van der Waals surface area (Å²) in [5, 5.41) is 5.09. The fourth-order valence-corrected chi connectivity index (χ4v) is 5.15. The van der Waals surface area contributed by atoms with Gasteiger partial charge in [-0.15, -0.1) is 0 Å². The van der Waals surface area contributed by atoms with Crippen LogP contribution in [0.5, 0.6) is 0 Å². The molecule has 0 saturated heterocycles. The lowest BCUT2D eigenvalue weighted by Crippen LogP contribution is -2.12. The molecule has 0 unspecified atom stereocenters. The standard InChI is InChI=1S/C22H30N2S2/c1-6-24-16(2)17-10-9-11-18-20(13-12-19(24)21(17)18)26-23-14-7-8-15-25-22(3,4)5/h9-13,23H,2,6-8,14-15H2,1,3-5H3. The Morgan fingerprint density at radius 3 is 2.58 bits per heavy atom. The SMILES string of the molecule is C=c1c2cccc3c(SNCCCCSC(C)(C)C)ccc(c32)n1CC. The van der Waals surface area contributed by atoms with Gasteiger partial charge in [-0.05, 0) is 55.0 Å². The van der Waals surface area contributed by atoms with Crippen LogP contribution in [0.25, 0.3) is 28.3 Å². The van der Waals surface area contributed by atoms with Crippen molar-refractivity contribution in [1.29, 1.82) is 0 Å². The van der Waals surface area contributed by atoms with Crippen LogP contribution in [0.3, 0.4) is 0 Å². The molecule has 0 aliphatic heterocycles. The number of hydrogen-bond donors (Lipinski definition) is 1. The van der Waals surface area contributed by atoms with Gasteiger partial charge in [-0.2, -0.15) is 11.8 Å². The van der Waals surface area contributed by atoms with E-state index in [1.807, 2.05) is 0 Å². The maximum absolute atomic E-state index is 4.30. The zero-order chi connectivity index (χ0) is 18.7. The molecule has 0 aliphatic carbocycles. The Balaban J connectivity index is 1.65. The zero-order valence-corrected chi connectivity index (χ0v) is 18.0. The maximum Gasteiger partial charge on any atom is 0.0498 e. The van der Waals surface area contributed by atoms with Gasteiger partial charge in [-0.3, -0.25) is 4.72 Å². The van der Waals surface area contributed by atoms with Gasteiger partial charge in [0, 0.05) is 44.4 Å². The van der Waals surface area contributed by atoms with Crippen molar-refractivity contribution in [3.05, 3.63) is 35.7 Å². The first kappa shape index (κ1) is 19.7. The molecular weight excluding hydrogens is 356 g/mol. The lowest BCUT2D eigenvalue weighted by atomic mass is 10.1.